The van der Waals surface area contributed by atoms with Gasteiger partial charge in [0.05, 0.1) is 11.1 Å². The molecule has 1 aromatic rings. The molecule has 4 aliphatic rings. The van der Waals surface area contributed by atoms with Crippen LogP contribution in [0, 0.1) is 11.8 Å². The highest BCUT2D eigenvalue weighted by Gasteiger charge is 2.44. The number of halogens is 1. The van der Waals surface area contributed by atoms with Gasteiger partial charge in [-0.15, -0.1) is 0 Å². The predicted molar refractivity (Wildman–Crippen MR) is 164 cm³/mol. The Kier molecular flexibility index (Phi) is 9.69. The number of hydrogen-bond donors (Lipinski definition) is 0. The molecule has 0 spiro atoms. The number of carbonyl (C=O) groups is 4. The van der Waals surface area contributed by atoms with Gasteiger partial charge in [-0.05, 0) is 43.4 Å². The number of unbranched alkanes of at least 4 members (excludes halogenated alkanes) is 2. The smallest absolute Gasteiger partial charge is 0.303 e. The van der Waals surface area contributed by atoms with Gasteiger partial charge < -0.3 is 18.6 Å². The van der Waals surface area contributed by atoms with Crippen LogP contribution in [-0.4, -0.2) is 58.5 Å². The Morgan fingerprint density at radius 2 is 1.76 bits per heavy atom. The number of carbonyl (C=O) groups excluding carboxylic acids is 4. The maximum Gasteiger partial charge on any atom is 0.303 e. The number of rotatable bonds is 11. The van der Waals surface area contributed by atoms with E-state index in [2.05, 4.69) is 4.98 Å². The number of aromatic nitrogens is 1. The second-order valence-corrected chi connectivity index (χ2v) is 11.9. The summed E-state index contributed by atoms with van der Waals surface area (Å²) in [6.45, 7) is 7.64. The van der Waals surface area contributed by atoms with E-state index in [-0.39, 0.29) is 70.4 Å². The monoisotopic (exact) mass is 638 g/mol. The van der Waals surface area contributed by atoms with Crippen molar-refractivity contribution in [3.8, 4) is 17.2 Å². The molecule has 45 heavy (non-hydrogen) atoms. The molecular weight excluding hydrogens is 604 g/mol. The van der Waals surface area contributed by atoms with E-state index in [4.69, 9.17) is 30.2 Å². The van der Waals surface area contributed by atoms with E-state index in [0.29, 0.717) is 30.5 Å². The van der Waals surface area contributed by atoms with Crippen LogP contribution in [-0.2, 0) is 23.9 Å². The molecule has 3 heterocycles. The van der Waals surface area contributed by atoms with Crippen LogP contribution in [0.1, 0.15) is 70.2 Å². The maximum atomic E-state index is 13.2. The van der Waals surface area contributed by atoms with Crippen molar-refractivity contribution in [3.63, 3.8) is 0 Å². The van der Waals surface area contributed by atoms with E-state index in [1.165, 1.54) is 37.3 Å². The summed E-state index contributed by atoms with van der Waals surface area (Å²) in [5.41, 5.74) is 0.325. The topological polar surface area (TPSA) is 142 Å². The molecule has 5 rings (SSSR count). The van der Waals surface area contributed by atoms with Gasteiger partial charge in [0, 0.05) is 44.0 Å². The van der Waals surface area contributed by atoms with Gasteiger partial charge in [-0.2, -0.15) is 0 Å². The molecule has 11 nitrogen and oxygen atoms in total. The van der Waals surface area contributed by atoms with Crippen LogP contribution in [0.2, 0.25) is 5.02 Å². The average Bonchev–Trinajstić information content (AvgIpc) is 3.32. The van der Waals surface area contributed by atoms with Crippen molar-refractivity contribution in [2.24, 2.45) is 11.8 Å². The van der Waals surface area contributed by atoms with Crippen molar-refractivity contribution in [2.45, 2.75) is 78.3 Å². The Morgan fingerprint density at radius 3 is 2.44 bits per heavy atom. The SMILES string of the molecule is CCC1OC(Oc2cc3oc4c(C(=O)CCCCCN5C(=O)C=CC5=O)c(=O)ccc-4nc3cc2Cl)C(OC(C)=O)C(C)C1C. The zero-order valence-corrected chi connectivity index (χ0v) is 26.3. The molecule has 0 bridgehead atoms. The van der Waals surface area contributed by atoms with E-state index in [1.807, 2.05) is 20.8 Å². The number of hydrogen-bond acceptors (Lipinski definition) is 10. The first-order valence-corrected chi connectivity index (χ1v) is 15.5. The first-order chi connectivity index (χ1) is 21.5. The average molecular weight is 639 g/mol. The van der Waals surface area contributed by atoms with Gasteiger partial charge in [0.2, 0.25) is 6.29 Å². The van der Waals surface area contributed by atoms with Crippen molar-refractivity contribution in [2.75, 3.05) is 6.54 Å². The number of benzene rings is 2. The van der Waals surface area contributed by atoms with E-state index in [9.17, 15) is 24.0 Å². The lowest BCUT2D eigenvalue weighted by atomic mass is 9.82. The van der Waals surface area contributed by atoms with Gasteiger partial charge in [0.1, 0.15) is 22.5 Å². The lowest BCUT2D eigenvalue weighted by molar-refractivity contribution is -0.246. The largest absolute Gasteiger partial charge is 0.459 e. The normalized spacial score (nSPS) is 23.2. The molecule has 1 aliphatic carbocycles. The molecule has 1 aromatic carbocycles. The minimum Gasteiger partial charge on any atom is -0.459 e. The number of Topliss-reactive ketones (excluding diaryl/α,β-unsaturated/α-hetero) is 1. The summed E-state index contributed by atoms with van der Waals surface area (Å²) in [6, 6.07) is 5.84. The number of nitrogens with zero attached hydrogens (tertiary/aromatic N) is 2. The van der Waals surface area contributed by atoms with Crippen LogP contribution in [0.5, 0.6) is 5.75 Å². The minimum atomic E-state index is -0.934. The molecule has 12 heteroatoms. The van der Waals surface area contributed by atoms with Gasteiger partial charge in [-0.25, -0.2) is 4.98 Å². The molecule has 238 valence electrons. The first kappa shape index (κ1) is 32.3. The summed E-state index contributed by atoms with van der Waals surface area (Å²) in [6.07, 6.45) is 3.10. The fraction of sp³-hybridized carbons (Fsp3) is 0.455. The quantitative estimate of drug-likeness (QED) is 0.0889. The molecule has 3 aliphatic heterocycles. The number of esters is 1. The molecule has 0 saturated carbocycles. The summed E-state index contributed by atoms with van der Waals surface area (Å²) in [5, 5.41) is 0.221. The zero-order chi connectivity index (χ0) is 32.4. The van der Waals surface area contributed by atoms with Gasteiger partial charge in [-0.1, -0.05) is 38.8 Å². The van der Waals surface area contributed by atoms with Crippen LogP contribution in [0.4, 0.5) is 0 Å². The van der Waals surface area contributed by atoms with Crippen LogP contribution < -0.4 is 10.2 Å². The van der Waals surface area contributed by atoms with Crippen molar-refractivity contribution in [1.29, 1.82) is 0 Å². The summed E-state index contributed by atoms with van der Waals surface area (Å²) >= 11 is 6.59. The van der Waals surface area contributed by atoms with E-state index < -0.39 is 29.6 Å². The Labute approximate surface area is 264 Å². The summed E-state index contributed by atoms with van der Waals surface area (Å²) in [7, 11) is 0. The van der Waals surface area contributed by atoms with E-state index >= 15 is 0 Å². The molecular formula is C33H35ClN2O9. The van der Waals surface area contributed by atoms with Crippen molar-refractivity contribution in [3.05, 3.63) is 57.2 Å². The first-order valence-electron chi connectivity index (χ1n) is 15.1. The van der Waals surface area contributed by atoms with Crippen LogP contribution >= 0.6 is 11.6 Å². The number of amides is 2. The Morgan fingerprint density at radius 1 is 1.02 bits per heavy atom. The fourth-order valence-corrected chi connectivity index (χ4v) is 6.05. The molecule has 0 radical (unpaired) electrons. The van der Waals surface area contributed by atoms with Crippen LogP contribution in [0.25, 0.3) is 22.6 Å². The zero-order valence-electron chi connectivity index (χ0n) is 25.5. The van der Waals surface area contributed by atoms with E-state index in [0.717, 1.165) is 11.3 Å². The van der Waals surface area contributed by atoms with Crippen molar-refractivity contribution >= 4 is 46.3 Å². The highest BCUT2D eigenvalue weighted by atomic mass is 35.5. The third kappa shape index (κ3) is 6.79. The standard InChI is InChI=1S/C33H35ClN2O9/c1-5-25-17(2)18(3)31(42-19(4)37)33(44-25)45-26-16-27-22(15-20(26)34)35-21-10-11-24(39)30(32(21)43-27)23(38)9-7-6-8-14-36-28(40)12-13-29(36)41/h10-13,15-18,25,31,33H,5-9,14H2,1-4H3. The highest BCUT2D eigenvalue weighted by Crippen LogP contribution is 2.39. The Balaban J connectivity index is 1.37. The number of imide groups is 1. The predicted octanol–water partition coefficient (Wildman–Crippen LogP) is 5.33. The van der Waals surface area contributed by atoms with Crippen LogP contribution in [0.15, 0.2) is 45.6 Å². The van der Waals surface area contributed by atoms with Crippen molar-refractivity contribution in [1.82, 2.24) is 9.88 Å². The van der Waals surface area contributed by atoms with Gasteiger partial charge in [0.25, 0.3) is 11.8 Å². The third-order valence-electron chi connectivity index (χ3n) is 8.49. The molecule has 5 atom stereocenters. The molecule has 5 unspecified atom stereocenters. The summed E-state index contributed by atoms with van der Waals surface area (Å²) in [5.74, 6) is -1.24. The molecule has 0 N–H and O–H groups in total. The lowest BCUT2D eigenvalue weighted by Crippen LogP contribution is -2.53. The third-order valence-corrected chi connectivity index (χ3v) is 8.78. The summed E-state index contributed by atoms with van der Waals surface area (Å²) < 4.78 is 24.1. The molecule has 1 fully saturated rings. The Bertz CT molecular complexity index is 1680. The minimum absolute atomic E-state index is 0.0489. The molecule has 0 aromatic heterocycles. The maximum absolute atomic E-state index is 13.2. The van der Waals surface area contributed by atoms with Gasteiger partial charge in [0.15, 0.2) is 28.7 Å². The highest BCUT2D eigenvalue weighted by molar-refractivity contribution is 6.32. The van der Waals surface area contributed by atoms with Gasteiger partial charge >= 0.3 is 5.97 Å². The Hall–Kier alpha value is -4.09. The van der Waals surface area contributed by atoms with E-state index in [1.54, 1.807) is 6.07 Å². The number of fused-ring (bicyclic) bond motifs is 2. The second-order valence-electron chi connectivity index (χ2n) is 11.5. The molecule has 1 saturated heterocycles. The number of ketones is 1. The van der Waals surface area contributed by atoms with Gasteiger partial charge in [-0.3, -0.25) is 28.9 Å². The second kappa shape index (κ2) is 13.5. The lowest BCUT2D eigenvalue weighted by Gasteiger charge is -2.43. The summed E-state index contributed by atoms with van der Waals surface area (Å²) in [4.78, 5) is 67.2. The van der Waals surface area contributed by atoms with Crippen LogP contribution in [0.3, 0.4) is 0 Å². The fourth-order valence-electron chi connectivity index (χ4n) is 5.84. The number of ether oxygens (including phenoxy) is 3. The molecule has 2 amide bonds. The van der Waals surface area contributed by atoms with Crippen molar-refractivity contribution < 1.29 is 37.8 Å².